The molecule has 0 unspecified atom stereocenters. The molecule has 1 saturated heterocycles. The molecule has 35 heavy (non-hydrogen) atoms. The molecule has 7 nitrogen and oxygen atoms in total. The Labute approximate surface area is 211 Å². The number of amides is 1. The van der Waals surface area contributed by atoms with Crippen LogP contribution in [0, 0.1) is 6.92 Å². The second-order valence-corrected chi connectivity index (χ2v) is 10.6. The molecule has 0 N–H and O–H groups in total. The first-order chi connectivity index (χ1) is 16.8. The van der Waals surface area contributed by atoms with Gasteiger partial charge in [-0.3, -0.25) is 9.10 Å². The molecular weight excluding hydrogens is 486 g/mol. The summed E-state index contributed by atoms with van der Waals surface area (Å²) in [6.07, 6.45) is 0. The zero-order chi connectivity index (χ0) is 25.0. The average Bonchev–Trinajstić information content (AvgIpc) is 2.88. The minimum absolute atomic E-state index is 0.0897. The Morgan fingerprint density at radius 2 is 1.63 bits per heavy atom. The van der Waals surface area contributed by atoms with E-state index in [1.807, 2.05) is 37.3 Å². The van der Waals surface area contributed by atoms with Crippen LogP contribution in [0.2, 0.25) is 5.02 Å². The Hall–Kier alpha value is -3.23. The van der Waals surface area contributed by atoms with Gasteiger partial charge in [-0.25, -0.2) is 8.42 Å². The summed E-state index contributed by atoms with van der Waals surface area (Å²) >= 11 is 6.22. The van der Waals surface area contributed by atoms with Gasteiger partial charge in [0.1, 0.15) is 12.3 Å². The van der Waals surface area contributed by atoms with Gasteiger partial charge in [0.15, 0.2) is 0 Å². The van der Waals surface area contributed by atoms with Gasteiger partial charge >= 0.3 is 0 Å². The second kappa shape index (κ2) is 10.6. The first-order valence-corrected chi connectivity index (χ1v) is 13.1. The highest BCUT2D eigenvalue weighted by atomic mass is 35.5. The number of methoxy groups -OCH3 is 1. The van der Waals surface area contributed by atoms with Gasteiger partial charge in [0.2, 0.25) is 5.91 Å². The predicted molar refractivity (Wildman–Crippen MR) is 139 cm³/mol. The number of piperazine rings is 1. The van der Waals surface area contributed by atoms with Gasteiger partial charge in [-0.15, -0.1) is 0 Å². The van der Waals surface area contributed by atoms with Crippen LogP contribution in [0.1, 0.15) is 5.56 Å². The van der Waals surface area contributed by atoms with Crippen molar-refractivity contribution in [1.82, 2.24) is 4.90 Å². The number of para-hydroxylation sites is 1. The van der Waals surface area contributed by atoms with Crippen LogP contribution in [0.3, 0.4) is 0 Å². The maximum absolute atomic E-state index is 13.7. The second-order valence-electron chi connectivity index (χ2n) is 8.34. The minimum Gasteiger partial charge on any atom is -0.495 e. The van der Waals surface area contributed by atoms with Crippen LogP contribution < -0.4 is 13.9 Å². The van der Waals surface area contributed by atoms with Crippen molar-refractivity contribution in [2.45, 2.75) is 11.8 Å². The van der Waals surface area contributed by atoms with Crippen LogP contribution in [0.4, 0.5) is 11.4 Å². The van der Waals surface area contributed by atoms with E-state index >= 15 is 0 Å². The maximum atomic E-state index is 13.7. The van der Waals surface area contributed by atoms with Crippen LogP contribution in [0.25, 0.3) is 0 Å². The van der Waals surface area contributed by atoms with Gasteiger partial charge in [-0.1, -0.05) is 47.5 Å². The largest absolute Gasteiger partial charge is 0.495 e. The van der Waals surface area contributed by atoms with Crippen molar-refractivity contribution < 1.29 is 17.9 Å². The zero-order valence-corrected chi connectivity index (χ0v) is 21.3. The van der Waals surface area contributed by atoms with E-state index in [1.165, 1.54) is 25.3 Å². The monoisotopic (exact) mass is 513 g/mol. The van der Waals surface area contributed by atoms with Crippen LogP contribution >= 0.6 is 11.6 Å². The fourth-order valence-corrected chi connectivity index (χ4v) is 5.65. The first-order valence-electron chi connectivity index (χ1n) is 11.3. The molecule has 184 valence electrons. The molecule has 0 saturated carbocycles. The van der Waals surface area contributed by atoms with E-state index in [-0.39, 0.29) is 23.0 Å². The van der Waals surface area contributed by atoms with Crippen molar-refractivity contribution >= 4 is 38.9 Å². The number of ether oxygens (including phenoxy) is 1. The van der Waals surface area contributed by atoms with E-state index in [2.05, 4.69) is 4.90 Å². The minimum atomic E-state index is -4.07. The number of anilines is 2. The van der Waals surface area contributed by atoms with Crippen molar-refractivity contribution in [3.63, 3.8) is 0 Å². The van der Waals surface area contributed by atoms with E-state index in [4.69, 9.17) is 16.3 Å². The number of carbonyl (C=O) groups excluding carboxylic acids is 1. The van der Waals surface area contributed by atoms with Crippen LogP contribution in [-0.2, 0) is 14.8 Å². The molecule has 1 aliphatic rings. The molecule has 1 aliphatic heterocycles. The smallest absolute Gasteiger partial charge is 0.264 e. The number of rotatable bonds is 7. The number of nitrogens with zero attached hydrogens (tertiary/aromatic N) is 3. The number of hydrogen-bond acceptors (Lipinski definition) is 5. The predicted octanol–water partition coefficient (Wildman–Crippen LogP) is 4.20. The molecule has 1 heterocycles. The van der Waals surface area contributed by atoms with Crippen molar-refractivity contribution in [3.05, 3.63) is 83.4 Å². The summed E-state index contributed by atoms with van der Waals surface area (Å²) in [6, 6.07) is 21.3. The molecule has 0 aromatic heterocycles. The number of benzene rings is 3. The normalized spacial score (nSPS) is 14.0. The van der Waals surface area contributed by atoms with Gasteiger partial charge < -0.3 is 14.5 Å². The lowest BCUT2D eigenvalue weighted by atomic mass is 10.2. The standard InChI is InChI=1S/C26H28ClN3O4S/c1-20-8-11-23(12-9-20)35(32,33)30(24-18-21(27)10-13-25(24)34-2)19-26(31)29-16-14-28(15-17-29)22-6-4-3-5-7-22/h3-13,18H,14-17,19H2,1-2H3. The van der Waals surface area contributed by atoms with E-state index in [1.54, 1.807) is 29.2 Å². The molecule has 1 amide bonds. The highest BCUT2D eigenvalue weighted by molar-refractivity contribution is 7.92. The highest BCUT2D eigenvalue weighted by Crippen LogP contribution is 2.35. The van der Waals surface area contributed by atoms with Gasteiger partial charge in [-0.05, 0) is 49.4 Å². The third kappa shape index (κ3) is 5.55. The molecule has 3 aromatic rings. The van der Waals surface area contributed by atoms with E-state index in [0.717, 1.165) is 15.6 Å². The van der Waals surface area contributed by atoms with Crippen molar-refractivity contribution in [3.8, 4) is 5.75 Å². The topological polar surface area (TPSA) is 70.2 Å². The summed E-state index contributed by atoms with van der Waals surface area (Å²) in [5, 5.41) is 0.342. The summed E-state index contributed by atoms with van der Waals surface area (Å²) in [7, 11) is -2.62. The summed E-state index contributed by atoms with van der Waals surface area (Å²) < 4.78 is 34.0. The maximum Gasteiger partial charge on any atom is 0.264 e. The van der Waals surface area contributed by atoms with E-state index in [9.17, 15) is 13.2 Å². The summed E-state index contributed by atoms with van der Waals surface area (Å²) in [6.45, 7) is 3.85. The summed E-state index contributed by atoms with van der Waals surface area (Å²) in [5.41, 5.74) is 2.26. The average molecular weight is 514 g/mol. The summed E-state index contributed by atoms with van der Waals surface area (Å²) in [4.78, 5) is 17.4. The molecule has 1 fully saturated rings. The fourth-order valence-electron chi connectivity index (χ4n) is 4.07. The van der Waals surface area contributed by atoms with Crippen LogP contribution in [0.5, 0.6) is 5.75 Å². The molecule has 0 spiro atoms. The zero-order valence-electron chi connectivity index (χ0n) is 19.7. The van der Waals surface area contributed by atoms with Gasteiger partial charge in [0.05, 0.1) is 17.7 Å². The Balaban J connectivity index is 1.60. The van der Waals surface area contributed by atoms with Crippen molar-refractivity contribution in [2.75, 3.05) is 49.0 Å². The molecule has 0 bridgehead atoms. The number of hydrogen-bond donors (Lipinski definition) is 0. The van der Waals surface area contributed by atoms with Crippen LogP contribution in [-0.4, -0.2) is 59.1 Å². The lowest BCUT2D eigenvalue weighted by Gasteiger charge is -2.37. The molecule has 0 radical (unpaired) electrons. The number of sulfonamides is 1. The molecule has 0 atom stereocenters. The van der Waals surface area contributed by atoms with E-state index in [0.29, 0.717) is 37.0 Å². The third-order valence-corrected chi connectivity index (χ3v) is 8.06. The Morgan fingerprint density at radius 1 is 0.971 bits per heavy atom. The lowest BCUT2D eigenvalue weighted by molar-refractivity contribution is -0.129. The van der Waals surface area contributed by atoms with Gasteiger partial charge in [0, 0.05) is 36.9 Å². The molecular formula is C26H28ClN3O4S. The Morgan fingerprint density at radius 3 is 2.26 bits per heavy atom. The Kier molecular flexibility index (Phi) is 7.52. The number of carbonyl (C=O) groups is 1. The van der Waals surface area contributed by atoms with Crippen LogP contribution in [0.15, 0.2) is 77.7 Å². The molecule has 4 rings (SSSR count). The fraction of sp³-hybridized carbons (Fsp3) is 0.269. The van der Waals surface area contributed by atoms with Gasteiger partial charge in [-0.2, -0.15) is 0 Å². The number of aryl methyl sites for hydroxylation is 1. The van der Waals surface area contributed by atoms with Crippen molar-refractivity contribution in [1.29, 1.82) is 0 Å². The molecule has 9 heteroatoms. The first kappa shape index (κ1) is 24.9. The lowest BCUT2D eigenvalue weighted by Crippen LogP contribution is -2.52. The van der Waals surface area contributed by atoms with E-state index < -0.39 is 10.0 Å². The van der Waals surface area contributed by atoms with Gasteiger partial charge in [0.25, 0.3) is 10.0 Å². The molecule has 3 aromatic carbocycles. The Bertz CT molecular complexity index is 1280. The highest BCUT2D eigenvalue weighted by Gasteiger charge is 2.32. The van der Waals surface area contributed by atoms with Crippen molar-refractivity contribution in [2.24, 2.45) is 0 Å². The quantitative estimate of drug-likeness (QED) is 0.473. The molecule has 0 aliphatic carbocycles. The third-order valence-electron chi connectivity index (χ3n) is 6.05. The number of halogens is 1. The SMILES string of the molecule is COc1ccc(Cl)cc1N(CC(=O)N1CCN(c2ccccc2)CC1)S(=O)(=O)c1ccc(C)cc1. The summed E-state index contributed by atoms with van der Waals surface area (Å²) in [5.74, 6) is 0.0298.